The molecule has 9 nitrogen and oxygen atoms in total. The quantitative estimate of drug-likeness (QED) is 0.356. The van der Waals surface area contributed by atoms with Crippen LogP contribution in [0, 0.1) is 0 Å². The third-order valence-electron chi connectivity index (χ3n) is 5.63. The monoisotopic (exact) mass is 445 g/mol. The normalized spacial score (nSPS) is 27.2. The van der Waals surface area contributed by atoms with Gasteiger partial charge in [0.2, 0.25) is 0 Å². The number of ether oxygens (including phenoxy) is 2. The first-order chi connectivity index (χ1) is 15.3. The molecule has 1 saturated heterocycles. The fourth-order valence-electron chi connectivity index (χ4n) is 3.93. The summed E-state index contributed by atoms with van der Waals surface area (Å²) >= 11 is 0. The molecule has 1 aliphatic heterocycles. The number of carbonyl (C=O) groups excluding carboxylic acids is 2. The van der Waals surface area contributed by atoms with E-state index in [2.05, 4.69) is 5.32 Å². The second kappa shape index (κ2) is 10.2. The lowest BCUT2D eigenvalue weighted by Crippen LogP contribution is -2.73. The number of amides is 1. The first kappa shape index (κ1) is 23.8. The van der Waals surface area contributed by atoms with Gasteiger partial charge >= 0.3 is 5.97 Å². The minimum absolute atomic E-state index is 0.151. The number of hydrogen-bond acceptors (Lipinski definition) is 8. The van der Waals surface area contributed by atoms with Gasteiger partial charge in [-0.15, -0.1) is 0 Å². The number of methoxy groups -OCH3 is 1. The number of aliphatic hydroxyl groups is 4. The summed E-state index contributed by atoms with van der Waals surface area (Å²) in [4.78, 5) is 26.3. The number of nitrogens with one attached hydrogen (secondary N) is 1. The predicted octanol–water partition coefficient (Wildman–Crippen LogP) is -0.587. The Morgan fingerprint density at radius 1 is 0.969 bits per heavy atom. The summed E-state index contributed by atoms with van der Waals surface area (Å²) in [6.07, 6.45) is -8.10. The van der Waals surface area contributed by atoms with E-state index in [1.165, 1.54) is 0 Å². The molecule has 3 rings (SSSR count). The highest BCUT2D eigenvalue weighted by Gasteiger charge is 2.58. The van der Waals surface area contributed by atoms with Crippen molar-refractivity contribution in [1.29, 1.82) is 0 Å². The molecule has 6 atom stereocenters. The van der Waals surface area contributed by atoms with Crippen molar-refractivity contribution in [2.24, 2.45) is 0 Å². The second-order valence-electron chi connectivity index (χ2n) is 7.69. The van der Waals surface area contributed by atoms with E-state index in [0.29, 0.717) is 5.56 Å². The largest absolute Gasteiger partial charge is 0.467 e. The fourth-order valence-corrected chi connectivity index (χ4v) is 3.93. The minimum atomic E-state index is -1.99. The molecule has 1 aliphatic rings. The van der Waals surface area contributed by atoms with Crippen molar-refractivity contribution in [3.63, 3.8) is 0 Å². The van der Waals surface area contributed by atoms with Gasteiger partial charge in [-0.25, -0.2) is 4.79 Å². The Bertz CT molecular complexity index is 907. The van der Waals surface area contributed by atoms with E-state index in [1.54, 1.807) is 60.7 Å². The molecule has 9 heteroatoms. The summed E-state index contributed by atoms with van der Waals surface area (Å²) in [5.41, 5.74) is -1.13. The first-order valence-corrected chi connectivity index (χ1v) is 10.1. The maximum Gasteiger partial charge on any atom is 0.334 e. The Kier molecular flexibility index (Phi) is 7.60. The van der Waals surface area contributed by atoms with Crippen LogP contribution in [-0.2, 0) is 20.7 Å². The van der Waals surface area contributed by atoms with Crippen LogP contribution in [0.2, 0.25) is 0 Å². The zero-order valence-corrected chi connectivity index (χ0v) is 17.5. The standard InChI is InChI=1S/C23H27NO8/c1-31-22(30)23(12-14-8-4-2-5-9-14,24-21(29)15-10-6-3-7-11-15)20-19(28)18(27)17(26)16(13-25)32-20/h2-11,16-20,25-28H,12-13H2,1H3,(H,24,29)/t16-,17-,18+,19+,20+,23+/m1/s1. The zero-order chi connectivity index (χ0) is 23.3. The maximum absolute atomic E-state index is 13.2. The Hall–Kier alpha value is -2.82. The van der Waals surface area contributed by atoms with Crippen LogP contribution < -0.4 is 5.32 Å². The molecule has 0 aromatic heterocycles. The van der Waals surface area contributed by atoms with Gasteiger partial charge in [-0.2, -0.15) is 0 Å². The molecule has 0 bridgehead atoms. The lowest BCUT2D eigenvalue weighted by molar-refractivity contribution is -0.247. The van der Waals surface area contributed by atoms with E-state index >= 15 is 0 Å². The summed E-state index contributed by atoms with van der Waals surface area (Å²) in [5.74, 6) is -1.56. The lowest BCUT2D eigenvalue weighted by Gasteiger charge is -2.47. The molecular weight excluding hydrogens is 418 g/mol. The summed E-state index contributed by atoms with van der Waals surface area (Å²) in [6, 6.07) is 16.8. The highest BCUT2D eigenvalue weighted by atomic mass is 16.6. The minimum Gasteiger partial charge on any atom is -0.467 e. The molecule has 172 valence electrons. The van der Waals surface area contributed by atoms with Gasteiger partial charge in [0.1, 0.15) is 30.5 Å². The summed E-state index contributed by atoms with van der Waals surface area (Å²) < 4.78 is 10.7. The molecule has 1 amide bonds. The number of hydrogen-bond donors (Lipinski definition) is 5. The average Bonchev–Trinajstić information content (AvgIpc) is 2.83. The molecule has 2 aromatic rings. The van der Waals surface area contributed by atoms with Crippen LogP contribution in [-0.4, -0.2) is 82.1 Å². The van der Waals surface area contributed by atoms with Crippen molar-refractivity contribution in [1.82, 2.24) is 5.32 Å². The van der Waals surface area contributed by atoms with Crippen LogP contribution in [0.3, 0.4) is 0 Å². The first-order valence-electron chi connectivity index (χ1n) is 10.1. The van der Waals surface area contributed by atoms with Crippen molar-refractivity contribution < 1.29 is 39.5 Å². The molecule has 5 N–H and O–H groups in total. The SMILES string of the molecule is COC(=O)[C@@](Cc1ccccc1)(NC(=O)c1ccccc1)[C@H]1O[C@H](CO)[C@@H](O)[C@H](O)[C@@H]1O. The molecule has 2 aromatic carbocycles. The number of esters is 1. The van der Waals surface area contributed by atoms with Crippen molar-refractivity contribution in [3.05, 3.63) is 71.8 Å². The third kappa shape index (κ3) is 4.67. The maximum atomic E-state index is 13.2. The van der Waals surface area contributed by atoms with Gasteiger partial charge in [0.25, 0.3) is 5.91 Å². The van der Waals surface area contributed by atoms with Gasteiger partial charge in [-0.1, -0.05) is 48.5 Å². The summed E-state index contributed by atoms with van der Waals surface area (Å²) in [7, 11) is 1.13. The van der Waals surface area contributed by atoms with Crippen LogP contribution in [0.4, 0.5) is 0 Å². The van der Waals surface area contributed by atoms with Crippen LogP contribution in [0.5, 0.6) is 0 Å². The Labute approximate surface area is 185 Å². The van der Waals surface area contributed by atoms with E-state index < -0.39 is 54.5 Å². The van der Waals surface area contributed by atoms with Gasteiger partial charge in [0, 0.05) is 12.0 Å². The van der Waals surface area contributed by atoms with E-state index in [9.17, 15) is 30.0 Å². The average molecular weight is 445 g/mol. The van der Waals surface area contributed by atoms with Crippen molar-refractivity contribution >= 4 is 11.9 Å². The van der Waals surface area contributed by atoms with Crippen molar-refractivity contribution in [2.45, 2.75) is 42.5 Å². The number of aliphatic hydroxyl groups excluding tert-OH is 4. The van der Waals surface area contributed by atoms with Gasteiger partial charge in [0.15, 0.2) is 5.54 Å². The van der Waals surface area contributed by atoms with Crippen LogP contribution >= 0.6 is 0 Å². The molecule has 32 heavy (non-hydrogen) atoms. The molecule has 0 saturated carbocycles. The molecule has 1 fully saturated rings. The van der Waals surface area contributed by atoms with Crippen LogP contribution in [0.15, 0.2) is 60.7 Å². The molecule has 0 spiro atoms. The number of rotatable bonds is 7. The van der Waals surface area contributed by atoms with Gasteiger partial charge < -0.3 is 35.2 Å². The molecule has 0 radical (unpaired) electrons. The highest BCUT2D eigenvalue weighted by Crippen LogP contribution is 2.32. The second-order valence-corrected chi connectivity index (χ2v) is 7.69. The van der Waals surface area contributed by atoms with Gasteiger partial charge in [0.05, 0.1) is 13.7 Å². The third-order valence-corrected chi connectivity index (χ3v) is 5.63. The smallest absolute Gasteiger partial charge is 0.334 e. The zero-order valence-electron chi connectivity index (χ0n) is 17.5. The Morgan fingerprint density at radius 3 is 2.12 bits per heavy atom. The van der Waals surface area contributed by atoms with Crippen LogP contribution in [0.25, 0.3) is 0 Å². The number of carbonyl (C=O) groups is 2. The van der Waals surface area contributed by atoms with E-state index in [-0.39, 0.29) is 12.0 Å². The Balaban J connectivity index is 2.11. The molecule has 0 unspecified atom stereocenters. The highest BCUT2D eigenvalue weighted by molar-refractivity contribution is 5.98. The summed E-state index contributed by atoms with van der Waals surface area (Å²) in [5, 5.41) is 43.6. The fraction of sp³-hybridized carbons (Fsp3) is 0.391. The predicted molar refractivity (Wildman–Crippen MR) is 113 cm³/mol. The van der Waals surface area contributed by atoms with Crippen molar-refractivity contribution in [3.8, 4) is 0 Å². The molecular formula is C23H27NO8. The van der Waals surface area contributed by atoms with Gasteiger partial charge in [-0.05, 0) is 17.7 Å². The number of benzene rings is 2. The lowest BCUT2D eigenvalue weighted by atomic mass is 9.78. The molecule has 1 heterocycles. The van der Waals surface area contributed by atoms with E-state index in [0.717, 1.165) is 7.11 Å². The molecule has 0 aliphatic carbocycles. The Morgan fingerprint density at radius 2 is 1.56 bits per heavy atom. The van der Waals surface area contributed by atoms with Gasteiger partial charge in [-0.3, -0.25) is 4.79 Å². The van der Waals surface area contributed by atoms with Crippen molar-refractivity contribution in [2.75, 3.05) is 13.7 Å². The van der Waals surface area contributed by atoms with E-state index in [1.807, 2.05) is 0 Å². The topological polar surface area (TPSA) is 146 Å². The van der Waals surface area contributed by atoms with E-state index in [4.69, 9.17) is 9.47 Å². The van der Waals surface area contributed by atoms with Crippen LogP contribution in [0.1, 0.15) is 15.9 Å². The summed E-state index contributed by atoms with van der Waals surface area (Å²) in [6.45, 7) is -0.684.